The van der Waals surface area contributed by atoms with Crippen molar-refractivity contribution >= 4 is 0 Å². The van der Waals surface area contributed by atoms with Gasteiger partial charge in [0, 0.05) is 32.3 Å². The molecule has 4 atom stereocenters. The minimum Gasteiger partial charge on any atom is -0.379 e. The van der Waals surface area contributed by atoms with Crippen LogP contribution in [0.25, 0.3) is 11.4 Å². The van der Waals surface area contributed by atoms with Gasteiger partial charge in [-0.05, 0) is 16.0 Å². The van der Waals surface area contributed by atoms with E-state index < -0.39 is 0 Å². The summed E-state index contributed by atoms with van der Waals surface area (Å²) < 4.78 is 24.6. The Bertz CT molecular complexity index is 792. The zero-order valence-electron chi connectivity index (χ0n) is 15.9. The van der Waals surface area contributed by atoms with Crippen molar-refractivity contribution in [3.63, 3.8) is 0 Å². The Labute approximate surface area is 163 Å². The molecule has 3 aliphatic heterocycles. The van der Waals surface area contributed by atoms with Crippen LogP contribution in [0.5, 0.6) is 0 Å². The van der Waals surface area contributed by atoms with Gasteiger partial charge in [0.2, 0.25) is 0 Å². The molecule has 5 rings (SSSR count). The Kier molecular flexibility index (Phi) is 5.08. The summed E-state index contributed by atoms with van der Waals surface area (Å²) in [5, 5.41) is 12.4. The topological polar surface area (TPSA) is 83.8 Å². The van der Waals surface area contributed by atoms with Gasteiger partial charge < -0.3 is 18.9 Å². The first kappa shape index (κ1) is 18.1. The van der Waals surface area contributed by atoms with Crippen LogP contribution in [0.1, 0.15) is 11.6 Å². The number of ether oxygens (including phenoxy) is 4. The zero-order valence-corrected chi connectivity index (χ0v) is 15.9. The SMILES string of the molecule is CO[C@@H]1CO[C@H]2[C@@H]1OC[C@@H]2n1nnnc1-c1ccc(CN2CCOCC2)cc1. The van der Waals surface area contributed by atoms with Crippen LogP contribution < -0.4 is 0 Å². The van der Waals surface area contributed by atoms with Crippen LogP contribution in [0.4, 0.5) is 0 Å². The summed E-state index contributed by atoms with van der Waals surface area (Å²) in [6.07, 6.45) is -0.190. The fraction of sp³-hybridized carbons (Fsp3) is 0.632. The van der Waals surface area contributed by atoms with Crippen LogP contribution in [-0.2, 0) is 25.5 Å². The highest BCUT2D eigenvalue weighted by Gasteiger charge is 2.49. The molecule has 0 saturated carbocycles. The van der Waals surface area contributed by atoms with Gasteiger partial charge in [-0.15, -0.1) is 5.10 Å². The molecular formula is C19H25N5O4. The van der Waals surface area contributed by atoms with E-state index in [-0.39, 0.29) is 24.4 Å². The predicted octanol–water partition coefficient (Wildman–Crippen LogP) is 0.526. The van der Waals surface area contributed by atoms with Gasteiger partial charge >= 0.3 is 0 Å². The van der Waals surface area contributed by atoms with E-state index in [1.54, 1.807) is 7.11 Å². The van der Waals surface area contributed by atoms with Crippen molar-refractivity contribution in [1.82, 2.24) is 25.1 Å². The molecule has 3 saturated heterocycles. The Morgan fingerprint density at radius 2 is 1.86 bits per heavy atom. The maximum atomic E-state index is 5.93. The number of methoxy groups -OCH3 is 1. The van der Waals surface area contributed by atoms with Crippen LogP contribution in [0.15, 0.2) is 24.3 Å². The van der Waals surface area contributed by atoms with Gasteiger partial charge in [0.05, 0.1) is 26.4 Å². The highest BCUT2D eigenvalue weighted by molar-refractivity contribution is 5.55. The largest absolute Gasteiger partial charge is 0.379 e. The van der Waals surface area contributed by atoms with E-state index in [4.69, 9.17) is 18.9 Å². The Balaban J connectivity index is 1.32. The van der Waals surface area contributed by atoms with Crippen LogP contribution in [0, 0.1) is 0 Å². The van der Waals surface area contributed by atoms with Crippen LogP contribution in [-0.4, -0.2) is 90.0 Å². The molecule has 0 spiro atoms. The maximum absolute atomic E-state index is 5.93. The molecule has 28 heavy (non-hydrogen) atoms. The molecule has 0 bridgehead atoms. The molecule has 3 aliphatic rings. The van der Waals surface area contributed by atoms with Gasteiger partial charge in [0.25, 0.3) is 0 Å². The summed E-state index contributed by atoms with van der Waals surface area (Å²) in [7, 11) is 1.69. The number of fused-ring (bicyclic) bond motifs is 1. The highest BCUT2D eigenvalue weighted by atomic mass is 16.6. The maximum Gasteiger partial charge on any atom is 0.182 e. The average Bonchev–Trinajstić information content (AvgIpc) is 3.45. The van der Waals surface area contributed by atoms with Gasteiger partial charge in [-0.25, -0.2) is 4.68 Å². The number of rotatable bonds is 5. The number of benzene rings is 1. The smallest absolute Gasteiger partial charge is 0.182 e. The molecule has 9 nitrogen and oxygen atoms in total. The van der Waals surface area contributed by atoms with Crippen molar-refractivity contribution in [2.75, 3.05) is 46.6 Å². The molecule has 1 aromatic heterocycles. The Morgan fingerprint density at radius 1 is 1.07 bits per heavy atom. The van der Waals surface area contributed by atoms with E-state index in [1.165, 1.54) is 5.56 Å². The summed E-state index contributed by atoms with van der Waals surface area (Å²) in [5.41, 5.74) is 2.26. The second kappa shape index (κ2) is 7.84. The van der Waals surface area contributed by atoms with Gasteiger partial charge in [0.15, 0.2) is 5.82 Å². The number of tetrazole rings is 1. The molecule has 3 fully saturated rings. The molecule has 4 heterocycles. The highest BCUT2D eigenvalue weighted by Crippen LogP contribution is 2.36. The lowest BCUT2D eigenvalue weighted by Gasteiger charge is -2.26. The van der Waals surface area contributed by atoms with Gasteiger partial charge in [-0.1, -0.05) is 24.3 Å². The lowest BCUT2D eigenvalue weighted by molar-refractivity contribution is -0.00906. The number of hydrogen-bond acceptors (Lipinski definition) is 8. The molecule has 1 aromatic carbocycles. The normalized spacial score (nSPS) is 30.6. The molecule has 0 aliphatic carbocycles. The van der Waals surface area contributed by atoms with Crippen LogP contribution in [0.3, 0.4) is 0 Å². The third-order valence-electron chi connectivity index (χ3n) is 5.81. The standard InChI is InChI=1S/C19H25N5O4/c1-25-16-12-28-17-15(11-27-18(16)17)24-19(20-21-22-24)14-4-2-13(3-5-14)10-23-6-8-26-9-7-23/h2-5,15-18H,6-12H2,1H3/t15-,16+,17+,18+/m0/s1. The molecule has 2 aromatic rings. The quantitative estimate of drug-likeness (QED) is 0.735. The van der Waals surface area contributed by atoms with E-state index in [1.807, 2.05) is 4.68 Å². The molecule has 0 radical (unpaired) electrons. The number of aromatic nitrogens is 4. The van der Waals surface area contributed by atoms with Gasteiger partial charge in [-0.2, -0.15) is 0 Å². The minimum atomic E-state index is -0.0900. The molecular weight excluding hydrogens is 362 g/mol. The molecule has 0 unspecified atom stereocenters. The van der Waals surface area contributed by atoms with Crippen molar-refractivity contribution in [2.45, 2.75) is 30.9 Å². The predicted molar refractivity (Wildman–Crippen MR) is 98.7 cm³/mol. The molecule has 0 N–H and O–H groups in total. The van der Waals surface area contributed by atoms with Crippen molar-refractivity contribution in [2.24, 2.45) is 0 Å². The summed E-state index contributed by atoms with van der Waals surface area (Å²) in [5.74, 6) is 0.733. The number of hydrogen-bond donors (Lipinski definition) is 0. The number of morpholine rings is 1. The first-order valence-electron chi connectivity index (χ1n) is 9.77. The summed E-state index contributed by atoms with van der Waals surface area (Å²) in [4.78, 5) is 2.40. The summed E-state index contributed by atoms with van der Waals surface area (Å²) in [6, 6.07) is 8.40. The third-order valence-corrected chi connectivity index (χ3v) is 5.81. The van der Waals surface area contributed by atoms with E-state index in [9.17, 15) is 0 Å². The molecule has 9 heteroatoms. The Morgan fingerprint density at radius 3 is 2.64 bits per heavy atom. The monoisotopic (exact) mass is 387 g/mol. The molecule has 0 amide bonds. The third kappa shape index (κ3) is 3.33. The van der Waals surface area contributed by atoms with E-state index in [0.717, 1.165) is 44.2 Å². The fourth-order valence-electron chi connectivity index (χ4n) is 4.24. The molecule has 150 valence electrons. The summed E-state index contributed by atoms with van der Waals surface area (Å²) >= 11 is 0. The fourth-order valence-corrected chi connectivity index (χ4v) is 4.24. The first-order valence-corrected chi connectivity index (χ1v) is 9.77. The van der Waals surface area contributed by atoms with E-state index in [0.29, 0.717) is 13.2 Å². The summed E-state index contributed by atoms with van der Waals surface area (Å²) in [6.45, 7) is 5.56. The van der Waals surface area contributed by atoms with Crippen molar-refractivity contribution in [3.8, 4) is 11.4 Å². The second-order valence-electron chi connectivity index (χ2n) is 7.47. The Hall–Kier alpha value is -1.91. The van der Waals surface area contributed by atoms with E-state index in [2.05, 4.69) is 44.7 Å². The van der Waals surface area contributed by atoms with Gasteiger partial charge in [-0.3, -0.25) is 4.90 Å². The van der Waals surface area contributed by atoms with Crippen LogP contribution >= 0.6 is 0 Å². The van der Waals surface area contributed by atoms with Crippen molar-refractivity contribution in [3.05, 3.63) is 29.8 Å². The minimum absolute atomic E-state index is 0.0330. The van der Waals surface area contributed by atoms with Gasteiger partial charge in [0.1, 0.15) is 24.4 Å². The van der Waals surface area contributed by atoms with Crippen molar-refractivity contribution < 1.29 is 18.9 Å². The zero-order chi connectivity index (χ0) is 18.9. The van der Waals surface area contributed by atoms with Crippen LogP contribution in [0.2, 0.25) is 0 Å². The van der Waals surface area contributed by atoms with Crippen molar-refractivity contribution in [1.29, 1.82) is 0 Å². The average molecular weight is 387 g/mol. The second-order valence-corrected chi connectivity index (χ2v) is 7.47. The number of nitrogens with zero attached hydrogens (tertiary/aromatic N) is 5. The van der Waals surface area contributed by atoms with E-state index >= 15 is 0 Å². The lowest BCUT2D eigenvalue weighted by Crippen LogP contribution is -2.35. The first-order chi connectivity index (χ1) is 13.8. The lowest BCUT2D eigenvalue weighted by atomic mass is 10.1.